The molecule has 13 heteroatoms. The fourth-order valence-corrected chi connectivity index (χ4v) is 6.31. The van der Waals surface area contributed by atoms with Gasteiger partial charge in [0.25, 0.3) is 5.91 Å². The molecule has 4 rings (SSSR count). The summed E-state index contributed by atoms with van der Waals surface area (Å²) in [5.74, 6) is -2.25. The summed E-state index contributed by atoms with van der Waals surface area (Å²) in [5, 5.41) is 2.84. The van der Waals surface area contributed by atoms with E-state index >= 15 is 0 Å². The highest BCUT2D eigenvalue weighted by atomic mass is 127. The molecule has 9 nitrogen and oxygen atoms in total. The molecule has 0 aromatic heterocycles. The lowest BCUT2D eigenvalue weighted by Gasteiger charge is -2.25. The van der Waals surface area contributed by atoms with Gasteiger partial charge in [0.05, 0.1) is 45.0 Å². The van der Waals surface area contributed by atoms with Crippen LogP contribution in [0.4, 0.5) is 18.9 Å². The first-order valence-electron chi connectivity index (χ1n) is 16.2. The van der Waals surface area contributed by atoms with Crippen LogP contribution in [-0.4, -0.2) is 55.6 Å². The Kier molecular flexibility index (Phi) is 12.8. The van der Waals surface area contributed by atoms with Crippen molar-refractivity contribution in [3.8, 4) is 5.75 Å². The molecule has 1 aliphatic heterocycles. The number of ether oxygens (including phenoxy) is 2. The van der Waals surface area contributed by atoms with Crippen LogP contribution in [0.2, 0.25) is 0 Å². The Morgan fingerprint density at radius 3 is 2.31 bits per heavy atom. The fraction of sp³-hybridized carbons (Fsp3) is 0.342. The van der Waals surface area contributed by atoms with Crippen LogP contribution in [0.15, 0.2) is 71.7 Å². The molecule has 0 aliphatic carbocycles. The molecular formula is C38H39F3IN3O6. The van der Waals surface area contributed by atoms with Crippen molar-refractivity contribution in [1.82, 2.24) is 4.90 Å². The molecule has 270 valence electrons. The number of halogens is 4. The first kappa shape index (κ1) is 39.3. The van der Waals surface area contributed by atoms with Gasteiger partial charge < -0.3 is 19.7 Å². The smallest absolute Gasteiger partial charge is 0.416 e. The number of nitrogens with one attached hydrogen (secondary N) is 1. The van der Waals surface area contributed by atoms with E-state index in [0.717, 1.165) is 17.7 Å². The monoisotopic (exact) mass is 817 g/mol. The van der Waals surface area contributed by atoms with Crippen molar-refractivity contribution in [3.63, 3.8) is 0 Å². The number of methoxy groups -OCH3 is 1. The Labute approximate surface area is 308 Å². The molecule has 0 radical (unpaired) electrons. The molecule has 0 saturated heterocycles. The van der Waals surface area contributed by atoms with Gasteiger partial charge >= 0.3 is 18.1 Å². The minimum Gasteiger partial charge on any atom is -0.465 e. The zero-order chi connectivity index (χ0) is 37.6. The summed E-state index contributed by atoms with van der Waals surface area (Å²) in [6, 6.07) is 12.1. The molecule has 2 atom stereocenters. The van der Waals surface area contributed by atoms with E-state index in [1.54, 1.807) is 63.5 Å². The van der Waals surface area contributed by atoms with Crippen molar-refractivity contribution in [3.05, 3.63) is 104 Å². The number of hydrogen-bond donors (Lipinski definition) is 1. The van der Waals surface area contributed by atoms with Crippen molar-refractivity contribution in [2.45, 2.75) is 58.2 Å². The van der Waals surface area contributed by atoms with E-state index in [9.17, 15) is 32.3 Å². The summed E-state index contributed by atoms with van der Waals surface area (Å²) < 4.78 is 50.7. The number of esters is 2. The lowest BCUT2D eigenvalue weighted by molar-refractivity contribution is -0.137. The Balaban J connectivity index is 1.48. The van der Waals surface area contributed by atoms with E-state index in [-0.39, 0.29) is 29.5 Å². The van der Waals surface area contributed by atoms with Gasteiger partial charge in [0.1, 0.15) is 5.75 Å². The quantitative estimate of drug-likeness (QED) is 0.119. The maximum Gasteiger partial charge on any atom is 0.416 e. The van der Waals surface area contributed by atoms with Gasteiger partial charge in [-0.2, -0.15) is 13.2 Å². The predicted octanol–water partition coefficient (Wildman–Crippen LogP) is 8.18. The van der Waals surface area contributed by atoms with Crippen LogP contribution in [0, 0.1) is 9.49 Å². The molecule has 3 aromatic carbocycles. The second-order valence-electron chi connectivity index (χ2n) is 12.6. The Hall–Kier alpha value is -4.53. The first-order valence-corrected chi connectivity index (χ1v) is 17.3. The molecule has 0 saturated carbocycles. The van der Waals surface area contributed by atoms with Gasteiger partial charge in [-0.25, -0.2) is 4.79 Å². The molecule has 0 spiro atoms. The largest absolute Gasteiger partial charge is 0.465 e. The van der Waals surface area contributed by atoms with Gasteiger partial charge in [0.2, 0.25) is 5.91 Å². The Morgan fingerprint density at radius 1 is 1.02 bits per heavy atom. The van der Waals surface area contributed by atoms with Crippen LogP contribution in [-0.2, 0) is 26.9 Å². The van der Waals surface area contributed by atoms with Gasteiger partial charge in [0, 0.05) is 26.2 Å². The van der Waals surface area contributed by atoms with Gasteiger partial charge in [-0.3, -0.25) is 19.4 Å². The first-order chi connectivity index (χ1) is 24.0. The number of aryl methyl sites for hydroxylation is 1. The highest BCUT2D eigenvalue weighted by Gasteiger charge is 2.33. The number of dihydropyridines is 1. The van der Waals surface area contributed by atoms with Crippen molar-refractivity contribution in [1.29, 1.82) is 0 Å². The standard InChI is InChI=1S/C38H39F3IN3O6/c1-21(2)28-19-25(37(49)50-6)20-30(42)34(28)51-32(46)9-7-8-23-11-17-31(29(18-23)36(48)45(4)5)44-35(47)27-16-10-22(3)43-33(27)24-12-14-26(15-13-24)38(39,40)41/h10-21,27,33H,7-9H2,1-6H3,(H,44,47). The maximum absolute atomic E-state index is 13.7. The third-order valence-electron chi connectivity index (χ3n) is 8.27. The second kappa shape index (κ2) is 16.7. The number of rotatable bonds is 11. The van der Waals surface area contributed by atoms with Crippen LogP contribution in [0.1, 0.15) is 88.5 Å². The number of nitrogens with zero attached hydrogens (tertiary/aromatic N) is 2. The zero-order valence-corrected chi connectivity index (χ0v) is 31.2. The van der Waals surface area contributed by atoms with E-state index in [1.165, 1.54) is 24.1 Å². The van der Waals surface area contributed by atoms with E-state index < -0.39 is 41.5 Å². The lowest BCUT2D eigenvalue weighted by Crippen LogP contribution is -2.30. The molecule has 2 amide bonds. The number of benzene rings is 3. The van der Waals surface area contributed by atoms with Gasteiger partial charge in [0.15, 0.2) is 0 Å². The molecule has 1 N–H and O–H groups in total. The highest BCUT2D eigenvalue weighted by Crippen LogP contribution is 2.36. The molecule has 1 heterocycles. The van der Waals surface area contributed by atoms with E-state index in [4.69, 9.17) is 9.47 Å². The third-order valence-corrected chi connectivity index (χ3v) is 9.07. The van der Waals surface area contributed by atoms with Crippen molar-refractivity contribution in [2.75, 3.05) is 26.5 Å². The van der Waals surface area contributed by atoms with E-state index in [0.29, 0.717) is 44.6 Å². The van der Waals surface area contributed by atoms with Gasteiger partial charge in [-0.15, -0.1) is 0 Å². The van der Waals surface area contributed by atoms with Crippen LogP contribution in [0.5, 0.6) is 5.75 Å². The minimum atomic E-state index is -4.50. The molecule has 2 unspecified atom stereocenters. The number of anilines is 1. The highest BCUT2D eigenvalue weighted by molar-refractivity contribution is 14.1. The minimum absolute atomic E-state index is 0.0285. The van der Waals surface area contributed by atoms with Crippen LogP contribution < -0.4 is 10.1 Å². The van der Waals surface area contributed by atoms with Crippen molar-refractivity contribution in [2.24, 2.45) is 10.9 Å². The van der Waals surface area contributed by atoms with Gasteiger partial charge in [-0.05, 0) is 107 Å². The van der Waals surface area contributed by atoms with Crippen LogP contribution in [0.25, 0.3) is 0 Å². The van der Waals surface area contributed by atoms with Crippen molar-refractivity contribution < 1.29 is 41.8 Å². The number of carbonyl (C=O) groups excluding carboxylic acids is 4. The topological polar surface area (TPSA) is 114 Å². The summed E-state index contributed by atoms with van der Waals surface area (Å²) in [6.45, 7) is 5.60. The summed E-state index contributed by atoms with van der Waals surface area (Å²) in [4.78, 5) is 57.8. The van der Waals surface area contributed by atoms with Crippen LogP contribution >= 0.6 is 22.6 Å². The average molecular weight is 818 g/mol. The van der Waals surface area contributed by atoms with Crippen molar-refractivity contribution >= 4 is 57.7 Å². The average Bonchev–Trinajstić information content (AvgIpc) is 3.08. The fourth-order valence-electron chi connectivity index (χ4n) is 5.55. The Bertz CT molecular complexity index is 1870. The zero-order valence-electron chi connectivity index (χ0n) is 29.1. The molecule has 51 heavy (non-hydrogen) atoms. The SMILES string of the molecule is COC(=O)c1cc(I)c(OC(=O)CCCc2ccc(NC(=O)C3C=CC(C)=NC3c3ccc(C(F)(F)F)cc3)c(C(=O)N(C)C)c2)c(C(C)C)c1. The number of aliphatic imine (C=N–C) groups is 1. The lowest BCUT2D eigenvalue weighted by atomic mass is 9.89. The summed E-state index contributed by atoms with van der Waals surface area (Å²) in [7, 11) is 4.48. The number of amides is 2. The second-order valence-corrected chi connectivity index (χ2v) is 13.8. The normalized spacial score (nSPS) is 15.6. The summed E-state index contributed by atoms with van der Waals surface area (Å²) >= 11 is 2.03. The molecule has 3 aromatic rings. The Morgan fingerprint density at radius 2 is 1.71 bits per heavy atom. The summed E-state index contributed by atoms with van der Waals surface area (Å²) in [6.07, 6.45) is -0.245. The number of allylic oxidation sites excluding steroid dienone is 1. The van der Waals surface area contributed by atoms with Gasteiger partial charge in [-0.1, -0.05) is 38.1 Å². The maximum atomic E-state index is 13.7. The molecule has 0 bridgehead atoms. The predicted molar refractivity (Wildman–Crippen MR) is 196 cm³/mol. The summed E-state index contributed by atoms with van der Waals surface area (Å²) in [5.41, 5.74) is 2.59. The van der Waals surface area contributed by atoms with E-state index in [1.807, 2.05) is 36.4 Å². The molecular weight excluding hydrogens is 778 g/mol. The third kappa shape index (κ3) is 9.83. The number of alkyl halides is 3. The number of carbonyl (C=O) groups is 4. The molecule has 0 fully saturated rings. The van der Waals surface area contributed by atoms with Crippen LogP contribution in [0.3, 0.4) is 0 Å². The van der Waals surface area contributed by atoms with E-state index in [2.05, 4.69) is 10.3 Å². The number of hydrogen-bond acceptors (Lipinski definition) is 7. The molecule has 1 aliphatic rings.